The molecule has 0 saturated carbocycles. The molecule has 0 unspecified atom stereocenters. The maximum Gasteiger partial charge on any atom is 0.412 e. The summed E-state index contributed by atoms with van der Waals surface area (Å²) in [6, 6.07) is 6.63. The fourth-order valence-electron chi connectivity index (χ4n) is 2.15. The van der Waals surface area contributed by atoms with Crippen molar-refractivity contribution >= 4 is 39.8 Å². The number of nitrogens with zero attached hydrogens (tertiary/aromatic N) is 1. The number of carboxylic acids is 1. The van der Waals surface area contributed by atoms with Crippen LogP contribution in [-0.2, 0) is 9.53 Å². The highest BCUT2D eigenvalue weighted by Gasteiger charge is 2.44. The van der Waals surface area contributed by atoms with Gasteiger partial charge in [0.25, 0.3) is 0 Å². The number of carbonyl (C=O) groups excluding carboxylic acids is 1. The SMILES string of the molecule is CC(C)(C)OC(=O)N1[C@@H](c2cccc(Br)c2)SC[C@H]1C(=O)O. The second-order valence-corrected chi connectivity index (χ2v) is 8.01. The molecule has 0 bridgehead atoms. The van der Waals surface area contributed by atoms with Gasteiger partial charge >= 0.3 is 12.1 Å². The molecule has 0 aliphatic carbocycles. The lowest BCUT2D eigenvalue weighted by molar-refractivity contribution is -0.142. The fraction of sp³-hybridized carbons (Fsp3) is 0.467. The summed E-state index contributed by atoms with van der Waals surface area (Å²) < 4.78 is 6.27. The molecule has 1 saturated heterocycles. The van der Waals surface area contributed by atoms with Gasteiger partial charge in [0.15, 0.2) is 0 Å². The van der Waals surface area contributed by atoms with E-state index in [9.17, 15) is 14.7 Å². The highest BCUT2D eigenvalue weighted by atomic mass is 79.9. The largest absolute Gasteiger partial charge is 0.480 e. The summed E-state index contributed by atoms with van der Waals surface area (Å²) in [5.74, 6) is -0.679. The van der Waals surface area contributed by atoms with Gasteiger partial charge in [-0.2, -0.15) is 0 Å². The van der Waals surface area contributed by atoms with Crippen LogP contribution in [0.4, 0.5) is 4.79 Å². The van der Waals surface area contributed by atoms with E-state index in [1.165, 1.54) is 16.7 Å². The first kappa shape index (κ1) is 17.1. The molecule has 1 aromatic carbocycles. The lowest BCUT2D eigenvalue weighted by Gasteiger charge is -2.30. The molecule has 1 N–H and O–H groups in total. The summed E-state index contributed by atoms with van der Waals surface area (Å²) >= 11 is 4.83. The average Bonchev–Trinajstić information content (AvgIpc) is 2.81. The Morgan fingerprint density at radius 2 is 2.09 bits per heavy atom. The third-order valence-electron chi connectivity index (χ3n) is 3.02. The highest BCUT2D eigenvalue weighted by molar-refractivity contribution is 9.10. The Morgan fingerprint density at radius 1 is 1.41 bits per heavy atom. The minimum Gasteiger partial charge on any atom is -0.480 e. The zero-order chi connectivity index (χ0) is 16.5. The van der Waals surface area contributed by atoms with Crippen LogP contribution in [0.15, 0.2) is 28.7 Å². The lowest BCUT2D eigenvalue weighted by Crippen LogP contribution is -2.45. The van der Waals surface area contributed by atoms with E-state index in [2.05, 4.69) is 15.9 Å². The average molecular weight is 388 g/mol. The molecule has 0 spiro atoms. The van der Waals surface area contributed by atoms with Crippen LogP contribution >= 0.6 is 27.7 Å². The quantitative estimate of drug-likeness (QED) is 0.833. The second kappa shape index (κ2) is 6.50. The van der Waals surface area contributed by atoms with E-state index in [0.29, 0.717) is 5.75 Å². The molecule has 1 aliphatic rings. The molecule has 0 aromatic heterocycles. The van der Waals surface area contributed by atoms with E-state index >= 15 is 0 Å². The van der Waals surface area contributed by atoms with Gasteiger partial charge in [-0.25, -0.2) is 9.59 Å². The van der Waals surface area contributed by atoms with Gasteiger partial charge in [-0.05, 0) is 38.5 Å². The van der Waals surface area contributed by atoms with Crippen LogP contribution in [0.1, 0.15) is 31.7 Å². The van der Waals surface area contributed by atoms with Crippen molar-refractivity contribution in [2.75, 3.05) is 5.75 Å². The summed E-state index contributed by atoms with van der Waals surface area (Å²) in [7, 11) is 0. The maximum absolute atomic E-state index is 12.5. The lowest BCUT2D eigenvalue weighted by atomic mass is 10.2. The molecular formula is C15H18BrNO4S. The van der Waals surface area contributed by atoms with E-state index in [4.69, 9.17) is 4.74 Å². The van der Waals surface area contributed by atoms with Crippen molar-refractivity contribution < 1.29 is 19.4 Å². The van der Waals surface area contributed by atoms with Crippen molar-refractivity contribution in [1.82, 2.24) is 4.90 Å². The molecular weight excluding hydrogens is 370 g/mol. The molecule has 1 amide bonds. The summed E-state index contributed by atoms with van der Waals surface area (Å²) in [5, 5.41) is 9.01. The smallest absolute Gasteiger partial charge is 0.412 e. The number of carboxylic acid groups (broad SMARTS) is 1. The number of halogens is 1. The Labute approximate surface area is 142 Å². The van der Waals surface area contributed by atoms with Crippen LogP contribution in [0.25, 0.3) is 0 Å². The van der Waals surface area contributed by atoms with Crippen LogP contribution in [0.2, 0.25) is 0 Å². The van der Waals surface area contributed by atoms with Gasteiger partial charge in [0.1, 0.15) is 17.0 Å². The number of amides is 1. The second-order valence-electron chi connectivity index (χ2n) is 5.98. The first-order valence-electron chi connectivity index (χ1n) is 6.80. The zero-order valence-electron chi connectivity index (χ0n) is 12.6. The van der Waals surface area contributed by atoms with Gasteiger partial charge in [0.05, 0.1) is 0 Å². The number of ether oxygens (including phenoxy) is 1. The van der Waals surface area contributed by atoms with Crippen molar-refractivity contribution in [2.45, 2.75) is 37.8 Å². The van der Waals surface area contributed by atoms with E-state index in [0.717, 1.165) is 10.0 Å². The topological polar surface area (TPSA) is 66.8 Å². The monoisotopic (exact) mass is 387 g/mol. The highest BCUT2D eigenvalue weighted by Crippen LogP contribution is 2.42. The Hall–Kier alpha value is -1.21. The van der Waals surface area contributed by atoms with Gasteiger partial charge in [0.2, 0.25) is 0 Å². The molecule has 1 aromatic rings. The minimum atomic E-state index is -1.02. The number of carbonyl (C=O) groups is 2. The van der Waals surface area contributed by atoms with Crippen LogP contribution < -0.4 is 0 Å². The van der Waals surface area contributed by atoms with Gasteiger partial charge in [-0.1, -0.05) is 28.1 Å². The summed E-state index contributed by atoms with van der Waals surface area (Å²) in [4.78, 5) is 25.2. The van der Waals surface area contributed by atoms with Crippen molar-refractivity contribution in [1.29, 1.82) is 0 Å². The Bertz CT molecular complexity index is 587. The molecule has 1 fully saturated rings. The normalized spacial score (nSPS) is 21.7. The molecule has 0 radical (unpaired) electrons. The molecule has 5 nitrogen and oxygen atoms in total. The van der Waals surface area contributed by atoms with E-state index < -0.39 is 23.7 Å². The van der Waals surface area contributed by atoms with Gasteiger partial charge in [0, 0.05) is 10.2 Å². The molecule has 7 heteroatoms. The molecule has 1 aliphatic heterocycles. The van der Waals surface area contributed by atoms with Crippen molar-refractivity contribution in [3.05, 3.63) is 34.3 Å². The van der Waals surface area contributed by atoms with Crippen LogP contribution in [-0.4, -0.2) is 39.5 Å². The summed E-state index contributed by atoms with van der Waals surface area (Å²) in [6.07, 6.45) is -0.602. The molecule has 22 heavy (non-hydrogen) atoms. The van der Waals surface area contributed by atoms with Gasteiger partial charge < -0.3 is 9.84 Å². The fourth-order valence-corrected chi connectivity index (χ4v) is 3.97. The molecule has 2 atom stereocenters. The van der Waals surface area contributed by atoms with Crippen molar-refractivity contribution in [3.63, 3.8) is 0 Å². The van der Waals surface area contributed by atoms with Crippen LogP contribution in [0.5, 0.6) is 0 Å². The minimum absolute atomic E-state index is 0.339. The van der Waals surface area contributed by atoms with E-state index in [1.807, 2.05) is 24.3 Å². The Kier molecular flexibility index (Phi) is 5.07. The number of benzene rings is 1. The summed E-state index contributed by atoms with van der Waals surface area (Å²) in [5.41, 5.74) is 0.198. The predicted molar refractivity (Wildman–Crippen MR) is 88.8 cm³/mol. The number of hydrogen-bond donors (Lipinski definition) is 1. The number of aliphatic carboxylic acids is 1. The zero-order valence-corrected chi connectivity index (χ0v) is 15.0. The van der Waals surface area contributed by atoms with E-state index in [-0.39, 0.29) is 5.37 Å². The molecule has 2 rings (SSSR count). The van der Waals surface area contributed by atoms with Crippen LogP contribution in [0, 0.1) is 0 Å². The number of hydrogen-bond acceptors (Lipinski definition) is 4. The van der Waals surface area contributed by atoms with Crippen molar-refractivity contribution in [2.24, 2.45) is 0 Å². The standard InChI is InChI=1S/C15H18BrNO4S/c1-15(2,3)21-14(20)17-11(13(18)19)8-22-12(17)9-5-4-6-10(16)7-9/h4-7,11-12H,8H2,1-3H3,(H,18,19)/t11-,12+/m0/s1. The van der Waals surface area contributed by atoms with Gasteiger partial charge in [-0.3, -0.25) is 4.90 Å². The number of rotatable bonds is 2. The number of thioether (sulfide) groups is 1. The first-order chi connectivity index (χ1) is 10.2. The predicted octanol–water partition coefficient (Wildman–Crippen LogP) is 3.88. The maximum atomic E-state index is 12.5. The first-order valence-corrected chi connectivity index (χ1v) is 8.64. The van der Waals surface area contributed by atoms with E-state index in [1.54, 1.807) is 20.8 Å². The molecule has 1 heterocycles. The molecule has 120 valence electrons. The summed E-state index contributed by atoms with van der Waals surface area (Å²) in [6.45, 7) is 5.29. The third-order valence-corrected chi connectivity index (χ3v) is 4.84. The third kappa shape index (κ3) is 3.95. The van der Waals surface area contributed by atoms with Crippen LogP contribution in [0.3, 0.4) is 0 Å². The Morgan fingerprint density at radius 3 is 2.64 bits per heavy atom. The van der Waals surface area contributed by atoms with Gasteiger partial charge in [-0.15, -0.1) is 11.8 Å². The van der Waals surface area contributed by atoms with Crippen molar-refractivity contribution in [3.8, 4) is 0 Å². The Balaban J connectivity index is 2.32.